The standard InChI is InChI=1S/C10H23FO4SSi/c1-10(2,3)17(5,6)14-8-9(7-11)15-16(4,12)13/h9H,7-8H2,1-6H3/t9-/m0/s1. The maximum absolute atomic E-state index is 12.6. The first-order chi connectivity index (χ1) is 7.39. The smallest absolute Gasteiger partial charge is 0.264 e. The fourth-order valence-electron chi connectivity index (χ4n) is 0.863. The molecule has 0 N–H and O–H groups in total. The van der Waals surface area contributed by atoms with Gasteiger partial charge in [0, 0.05) is 0 Å². The molecule has 0 bridgehead atoms. The Hall–Kier alpha value is 0.0169. The van der Waals surface area contributed by atoms with E-state index in [9.17, 15) is 12.8 Å². The first-order valence-corrected chi connectivity index (χ1v) is 10.2. The van der Waals surface area contributed by atoms with Gasteiger partial charge in [-0.3, -0.25) is 4.18 Å². The molecule has 17 heavy (non-hydrogen) atoms. The molecule has 0 rings (SSSR count). The summed E-state index contributed by atoms with van der Waals surface area (Å²) in [4.78, 5) is 0. The third-order valence-electron chi connectivity index (χ3n) is 2.92. The summed E-state index contributed by atoms with van der Waals surface area (Å²) in [5.74, 6) is 0. The molecule has 0 spiro atoms. The van der Waals surface area contributed by atoms with Crippen LogP contribution in [0, 0.1) is 0 Å². The minimum Gasteiger partial charge on any atom is -0.414 e. The Kier molecular flexibility index (Phi) is 5.78. The van der Waals surface area contributed by atoms with Gasteiger partial charge in [-0.15, -0.1) is 0 Å². The first-order valence-electron chi connectivity index (χ1n) is 5.47. The van der Waals surface area contributed by atoms with Crippen LogP contribution >= 0.6 is 0 Å². The van der Waals surface area contributed by atoms with Gasteiger partial charge in [-0.25, -0.2) is 4.39 Å². The number of rotatable bonds is 6. The van der Waals surface area contributed by atoms with Gasteiger partial charge in [0.2, 0.25) is 0 Å². The van der Waals surface area contributed by atoms with E-state index >= 15 is 0 Å². The van der Waals surface area contributed by atoms with Crippen molar-refractivity contribution in [2.45, 2.75) is 45.0 Å². The summed E-state index contributed by atoms with van der Waals surface area (Å²) in [6.07, 6.45) is -0.138. The van der Waals surface area contributed by atoms with Crippen molar-refractivity contribution in [2.24, 2.45) is 0 Å². The average molecular weight is 286 g/mol. The van der Waals surface area contributed by atoms with Gasteiger partial charge in [-0.1, -0.05) is 20.8 Å². The number of halogens is 1. The highest BCUT2D eigenvalue weighted by atomic mass is 32.2. The van der Waals surface area contributed by atoms with Crippen LogP contribution in [0.3, 0.4) is 0 Å². The van der Waals surface area contributed by atoms with Crippen LogP contribution in [0.5, 0.6) is 0 Å². The van der Waals surface area contributed by atoms with E-state index in [1.165, 1.54) is 0 Å². The monoisotopic (exact) mass is 286 g/mol. The molecule has 0 aromatic heterocycles. The molecule has 0 unspecified atom stereocenters. The zero-order valence-electron chi connectivity index (χ0n) is 11.4. The van der Waals surface area contributed by atoms with E-state index in [4.69, 9.17) is 4.43 Å². The molecule has 0 radical (unpaired) electrons. The highest BCUT2D eigenvalue weighted by molar-refractivity contribution is 7.86. The van der Waals surface area contributed by atoms with Crippen LogP contribution in [0.25, 0.3) is 0 Å². The Labute approximate surface area is 105 Å². The molecule has 0 aliphatic carbocycles. The van der Waals surface area contributed by atoms with Gasteiger partial charge in [0.25, 0.3) is 10.1 Å². The fourth-order valence-corrected chi connectivity index (χ4v) is 2.50. The van der Waals surface area contributed by atoms with E-state index in [1.807, 2.05) is 13.1 Å². The topological polar surface area (TPSA) is 52.6 Å². The maximum Gasteiger partial charge on any atom is 0.264 e. The van der Waals surface area contributed by atoms with E-state index in [0.29, 0.717) is 0 Å². The van der Waals surface area contributed by atoms with Crippen molar-refractivity contribution in [3.63, 3.8) is 0 Å². The summed E-state index contributed by atoms with van der Waals surface area (Å²) in [6, 6.07) is 0. The van der Waals surface area contributed by atoms with Crippen molar-refractivity contribution in [1.29, 1.82) is 0 Å². The van der Waals surface area contributed by atoms with Crippen LogP contribution in [-0.2, 0) is 18.7 Å². The molecule has 0 amide bonds. The van der Waals surface area contributed by atoms with Crippen LogP contribution < -0.4 is 0 Å². The molecule has 4 nitrogen and oxygen atoms in total. The van der Waals surface area contributed by atoms with E-state index < -0.39 is 31.2 Å². The summed E-state index contributed by atoms with van der Waals surface area (Å²) >= 11 is 0. The molecule has 104 valence electrons. The zero-order chi connectivity index (χ0) is 13.9. The Morgan fingerprint density at radius 1 is 1.29 bits per heavy atom. The molecule has 0 aliphatic rings. The molecule has 7 heteroatoms. The van der Waals surface area contributed by atoms with E-state index in [1.54, 1.807) is 0 Å². The van der Waals surface area contributed by atoms with Gasteiger partial charge in [0.05, 0.1) is 12.9 Å². The SMILES string of the molecule is CC(C)(C)[Si](C)(C)OC[C@H](CF)OS(C)(=O)=O. The average Bonchev–Trinajstić information content (AvgIpc) is 2.08. The highest BCUT2D eigenvalue weighted by Crippen LogP contribution is 2.36. The van der Waals surface area contributed by atoms with Crippen molar-refractivity contribution >= 4 is 18.4 Å². The molecule has 0 aromatic rings. The van der Waals surface area contributed by atoms with Gasteiger partial charge >= 0.3 is 0 Å². The van der Waals surface area contributed by atoms with Crippen LogP contribution in [0.2, 0.25) is 18.1 Å². The normalized spacial score (nSPS) is 15.9. The van der Waals surface area contributed by atoms with E-state index in [0.717, 1.165) is 6.26 Å². The van der Waals surface area contributed by atoms with Gasteiger partial charge in [0.1, 0.15) is 12.8 Å². The second kappa shape index (κ2) is 5.77. The lowest BCUT2D eigenvalue weighted by Crippen LogP contribution is -2.43. The van der Waals surface area contributed by atoms with E-state index in [-0.39, 0.29) is 11.6 Å². The summed E-state index contributed by atoms with van der Waals surface area (Å²) in [5, 5.41) is -0.00104. The number of hydrogen-bond acceptors (Lipinski definition) is 4. The van der Waals surface area contributed by atoms with Crippen LogP contribution in [-0.4, -0.2) is 42.4 Å². The summed E-state index contributed by atoms with van der Waals surface area (Å²) < 4.78 is 44.7. The minimum absolute atomic E-state index is 0.00104. The van der Waals surface area contributed by atoms with E-state index in [2.05, 4.69) is 25.0 Å². The third-order valence-corrected chi connectivity index (χ3v) is 8.04. The molecule has 0 aliphatic heterocycles. The van der Waals surface area contributed by atoms with Crippen molar-refractivity contribution in [3.8, 4) is 0 Å². The largest absolute Gasteiger partial charge is 0.414 e. The summed E-state index contributed by atoms with van der Waals surface area (Å²) in [7, 11) is -5.64. The van der Waals surface area contributed by atoms with Crippen molar-refractivity contribution in [1.82, 2.24) is 0 Å². The number of alkyl halides is 1. The predicted molar refractivity (Wildman–Crippen MR) is 68.8 cm³/mol. The van der Waals surface area contributed by atoms with Gasteiger partial charge in [-0.05, 0) is 18.1 Å². The Balaban J connectivity index is 4.44. The third kappa shape index (κ3) is 6.49. The quantitative estimate of drug-likeness (QED) is 0.555. The van der Waals surface area contributed by atoms with Crippen LogP contribution in [0.15, 0.2) is 0 Å². The van der Waals surface area contributed by atoms with Crippen molar-refractivity contribution < 1.29 is 21.4 Å². The van der Waals surface area contributed by atoms with Crippen LogP contribution in [0.1, 0.15) is 20.8 Å². The molecular weight excluding hydrogens is 263 g/mol. The Morgan fingerprint density at radius 2 is 1.76 bits per heavy atom. The van der Waals surface area contributed by atoms with Crippen LogP contribution in [0.4, 0.5) is 4.39 Å². The lowest BCUT2D eigenvalue weighted by molar-refractivity contribution is 0.104. The maximum atomic E-state index is 12.6. The second-order valence-corrected chi connectivity index (χ2v) is 12.1. The molecule has 1 atom stereocenters. The van der Waals surface area contributed by atoms with Gasteiger partial charge in [-0.2, -0.15) is 8.42 Å². The lowest BCUT2D eigenvalue weighted by Gasteiger charge is -2.36. The molecule has 0 saturated heterocycles. The van der Waals surface area contributed by atoms with Gasteiger partial charge in [0.15, 0.2) is 8.32 Å². The Bertz CT molecular complexity index is 335. The van der Waals surface area contributed by atoms with Gasteiger partial charge < -0.3 is 4.43 Å². The Morgan fingerprint density at radius 3 is 2.06 bits per heavy atom. The zero-order valence-corrected chi connectivity index (χ0v) is 13.2. The number of hydrogen-bond donors (Lipinski definition) is 0. The lowest BCUT2D eigenvalue weighted by atomic mass is 10.2. The molecule has 0 fully saturated rings. The van der Waals surface area contributed by atoms with Crippen molar-refractivity contribution in [3.05, 3.63) is 0 Å². The fraction of sp³-hybridized carbons (Fsp3) is 1.00. The molecule has 0 aromatic carbocycles. The first kappa shape index (κ1) is 17.0. The molecular formula is C10H23FO4SSi. The van der Waals surface area contributed by atoms with Crippen molar-refractivity contribution in [2.75, 3.05) is 19.5 Å². The predicted octanol–water partition coefficient (Wildman–Crippen LogP) is 2.32. The summed E-state index contributed by atoms with van der Waals surface area (Å²) in [6.45, 7) is 9.30. The summed E-state index contributed by atoms with van der Waals surface area (Å²) in [5.41, 5.74) is 0. The minimum atomic E-state index is -3.64. The highest BCUT2D eigenvalue weighted by Gasteiger charge is 2.37. The molecule has 0 heterocycles. The molecule has 0 saturated carbocycles. The second-order valence-electron chi connectivity index (χ2n) is 5.65.